The predicted molar refractivity (Wildman–Crippen MR) is 83.4 cm³/mol. The molecule has 0 unspecified atom stereocenters. The smallest absolute Gasteiger partial charge is 0.244 e. The number of benzene rings is 1. The summed E-state index contributed by atoms with van der Waals surface area (Å²) in [5.74, 6) is -0.156. The maximum absolute atomic E-state index is 11.6. The number of nitrogens with zero attached hydrogens (tertiary/aromatic N) is 2. The summed E-state index contributed by atoms with van der Waals surface area (Å²) in [5.41, 5.74) is 0.820. The van der Waals surface area contributed by atoms with Gasteiger partial charge in [0, 0.05) is 23.8 Å². The van der Waals surface area contributed by atoms with Gasteiger partial charge in [-0.3, -0.25) is 9.48 Å². The van der Waals surface area contributed by atoms with Crippen LogP contribution < -0.4 is 5.32 Å². The summed E-state index contributed by atoms with van der Waals surface area (Å²) in [5, 5.41) is 7.51. The van der Waals surface area contributed by atoms with Crippen molar-refractivity contribution in [3.05, 3.63) is 57.8 Å². The van der Waals surface area contributed by atoms with Gasteiger partial charge in [0.1, 0.15) is 0 Å². The molecule has 1 aromatic carbocycles. The van der Waals surface area contributed by atoms with Crippen LogP contribution in [0.15, 0.2) is 47.2 Å². The summed E-state index contributed by atoms with van der Waals surface area (Å²) >= 11 is 9.31. The van der Waals surface area contributed by atoms with Gasteiger partial charge in [-0.15, -0.1) is 0 Å². The summed E-state index contributed by atoms with van der Waals surface area (Å²) in [6, 6.07) is 7.36. The van der Waals surface area contributed by atoms with E-state index in [4.69, 9.17) is 11.6 Å². The molecule has 4 nitrogen and oxygen atoms in total. The van der Waals surface area contributed by atoms with Gasteiger partial charge >= 0.3 is 0 Å². The Morgan fingerprint density at radius 1 is 1.45 bits per heavy atom. The van der Waals surface area contributed by atoms with Gasteiger partial charge < -0.3 is 5.32 Å². The number of carbonyl (C=O) groups excluding carboxylic acids is 1. The van der Waals surface area contributed by atoms with Crippen LogP contribution in [0, 0.1) is 0 Å². The van der Waals surface area contributed by atoms with Crippen molar-refractivity contribution in [2.24, 2.45) is 0 Å². The van der Waals surface area contributed by atoms with Gasteiger partial charge in [0.25, 0.3) is 0 Å². The zero-order valence-corrected chi connectivity index (χ0v) is 12.9. The molecular formula is C14H13BrClN3O. The Hall–Kier alpha value is -1.59. The van der Waals surface area contributed by atoms with E-state index in [-0.39, 0.29) is 5.91 Å². The quantitative estimate of drug-likeness (QED) is 0.839. The second-order valence-electron chi connectivity index (χ2n) is 4.07. The number of nitrogens with one attached hydrogen (secondary N) is 1. The third-order valence-electron chi connectivity index (χ3n) is 2.56. The zero-order valence-electron chi connectivity index (χ0n) is 10.6. The fourth-order valence-electron chi connectivity index (χ4n) is 1.59. The van der Waals surface area contributed by atoms with E-state index in [9.17, 15) is 4.79 Å². The average Bonchev–Trinajstić information content (AvgIpc) is 2.83. The monoisotopic (exact) mass is 353 g/mol. The molecule has 6 heteroatoms. The van der Waals surface area contributed by atoms with Crippen molar-refractivity contribution in [1.82, 2.24) is 15.1 Å². The van der Waals surface area contributed by atoms with E-state index in [1.807, 2.05) is 24.4 Å². The highest BCUT2D eigenvalue weighted by Gasteiger charge is 1.99. The molecule has 0 aliphatic heterocycles. The van der Waals surface area contributed by atoms with Gasteiger partial charge in [-0.2, -0.15) is 5.10 Å². The van der Waals surface area contributed by atoms with Crippen LogP contribution in [0.5, 0.6) is 0 Å². The maximum atomic E-state index is 11.6. The third-order valence-corrected chi connectivity index (χ3v) is 3.32. The highest BCUT2D eigenvalue weighted by atomic mass is 79.9. The van der Waals surface area contributed by atoms with E-state index in [0.717, 1.165) is 10.0 Å². The van der Waals surface area contributed by atoms with E-state index in [1.54, 1.807) is 23.0 Å². The maximum Gasteiger partial charge on any atom is 0.244 e. The van der Waals surface area contributed by atoms with Crippen molar-refractivity contribution >= 4 is 39.5 Å². The molecule has 0 saturated carbocycles. The topological polar surface area (TPSA) is 46.9 Å². The summed E-state index contributed by atoms with van der Waals surface area (Å²) in [6.07, 6.45) is 6.73. The van der Waals surface area contributed by atoms with Gasteiger partial charge in [-0.1, -0.05) is 29.8 Å². The minimum atomic E-state index is -0.156. The van der Waals surface area contributed by atoms with Crippen molar-refractivity contribution in [3.63, 3.8) is 0 Å². The molecule has 0 saturated heterocycles. The standard InChI is InChI=1S/C14H13BrClN3O/c15-12-9-18-19(10-12)8-7-17-14(20)6-5-11-3-1-2-4-13(11)16/h1-6,9-10H,7-8H2,(H,17,20)/b6-5+. The molecule has 2 rings (SSSR count). The molecule has 1 N–H and O–H groups in total. The molecule has 104 valence electrons. The van der Waals surface area contributed by atoms with Crippen LogP contribution in [0.1, 0.15) is 5.56 Å². The average molecular weight is 355 g/mol. The van der Waals surface area contributed by atoms with Crippen LogP contribution in [0.4, 0.5) is 0 Å². The SMILES string of the molecule is O=C(/C=C/c1ccccc1Cl)NCCn1cc(Br)cn1. The predicted octanol–water partition coefficient (Wildman–Crippen LogP) is 3.13. The number of aromatic nitrogens is 2. The molecule has 0 aliphatic carbocycles. The van der Waals surface area contributed by atoms with Crippen LogP contribution in [0.25, 0.3) is 6.08 Å². The molecule has 0 bridgehead atoms. The molecule has 1 amide bonds. The van der Waals surface area contributed by atoms with Crippen molar-refractivity contribution in [2.75, 3.05) is 6.54 Å². The Balaban J connectivity index is 1.79. The fraction of sp³-hybridized carbons (Fsp3) is 0.143. The largest absolute Gasteiger partial charge is 0.351 e. The molecule has 0 spiro atoms. The summed E-state index contributed by atoms with van der Waals surface area (Å²) in [6.45, 7) is 1.14. The first-order valence-corrected chi connectivity index (χ1v) is 7.20. The Kier molecular flexibility index (Phi) is 5.38. The number of amides is 1. The molecular weight excluding hydrogens is 342 g/mol. The van der Waals surface area contributed by atoms with Gasteiger partial charge in [0.2, 0.25) is 5.91 Å². The number of rotatable bonds is 5. The van der Waals surface area contributed by atoms with E-state index < -0.39 is 0 Å². The number of hydrogen-bond acceptors (Lipinski definition) is 2. The van der Waals surface area contributed by atoms with Crippen LogP contribution in [0.2, 0.25) is 5.02 Å². The molecule has 20 heavy (non-hydrogen) atoms. The lowest BCUT2D eigenvalue weighted by Crippen LogP contribution is -2.25. The Morgan fingerprint density at radius 3 is 2.95 bits per heavy atom. The number of carbonyl (C=O) groups is 1. The summed E-state index contributed by atoms with van der Waals surface area (Å²) in [4.78, 5) is 11.6. The molecule has 2 aromatic rings. The molecule has 1 heterocycles. The van der Waals surface area contributed by atoms with Gasteiger partial charge in [0.15, 0.2) is 0 Å². The lowest BCUT2D eigenvalue weighted by molar-refractivity contribution is -0.116. The Morgan fingerprint density at radius 2 is 2.25 bits per heavy atom. The van der Waals surface area contributed by atoms with Crippen LogP contribution in [0.3, 0.4) is 0 Å². The van der Waals surface area contributed by atoms with Crippen LogP contribution >= 0.6 is 27.5 Å². The highest BCUT2D eigenvalue weighted by Crippen LogP contribution is 2.15. The Bertz CT molecular complexity index is 624. The van der Waals surface area contributed by atoms with E-state index >= 15 is 0 Å². The van der Waals surface area contributed by atoms with Gasteiger partial charge in [-0.05, 0) is 33.6 Å². The summed E-state index contributed by atoms with van der Waals surface area (Å²) in [7, 11) is 0. The van der Waals surface area contributed by atoms with E-state index in [0.29, 0.717) is 18.1 Å². The second-order valence-corrected chi connectivity index (χ2v) is 5.39. The van der Waals surface area contributed by atoms with E-state index in [1.165, 1.54) is 6.08 Å². The van der Waals surface area contributed by atoms with Crippen molar-refractivity contribution in [2.45, 2.75) is 6.54 Å². The van der Waals surface area contributed by atoms with Crippen molar-refractivity contribution < 1.29 is 4.79 Å². The zero-order chi connectivity index (χ0) is 14.4. The number of hydrogen-bond donors (Lipinski definition) is 1. The molecule has 0 fully saturated rings. The lowest BCUT2D eigenvalue weighted by atomic mass is 10.2. The van der Waals surface area contributed by atoms with Crippen molar-refractivity contribution in [1.29, 1.82) is 0 Å². The fourth-order valence-corrected chi connectivity index (χ4v) is 2.12. The van der Waals surface area contributed by atoms with Gasteiger partial charge in [-0.25, -0.2) is 0 Å². The summed E-state index contributed by atoms with van der Waals surface area (Å²) < 4.78 is 2.67. The van der Waals surface area contributed by atoms with E-state index in [2.05, 4.69) is 26.3 Å². The van der Waals surface area contributed by atoms with Gasteiger partial charge in [0.05, 0.1) is 17.2 Å². The normalized spacial score (nSPS) is 10.9. The Labute approximate surface area is 130 Å². The first kappa shape index (κ1) is 14.8. The molecule has 0 radical (unpaired) electrons. The minimum Gasteiger partial charge on any atom is -0.351 e. The third kappa shape index (κ3) is 4.51. The second kappa shape index (κ2) is 7.26. The highest BCUT2D eigenvalue weighted by molar-refractivity contribution is 9.10. The first-order chi connectivity index (χ1) is 9.65. The minimum absolute atomic E-state index is 0.156. The number of halogens is 2. The molecule has 0 aliphatic rings. The van der Waals surface area contributed by atoms with Crippen LogP contribution in [-0.4, -0.2) is 22.2 Å². The molecule has 0 atom stereocenters. The molecule has 1 aromatic heterocycles. The van der Waals surface area contributed by atoms with Crippen molar-refractivity contribution in [3.8, 4) is 0 Å². The lowest BCUT2D eigenvalue weighted by Gasteiger charge is -2.02. The van der Waals surface area contributed by atoms with Crippen LogP contribution in [-0.2, 0) is 11.3 Å². The first-order valence-electron chi connectivity index (χ1n) is 6.03.